The molecule has 2 aromatic carbocycles. The maximum Gasteiger partial charge on any atom is 0.308 e. The van der Waals surface area contributed by atoms with Crippen LogP contribution >= 0.6 is 0 Å². The van der Waals surface area contributed by atoms with Crippen LogP contribution in [-0.2, 0) is 19.7 Å². The quantitative estimate of drug-likeness (QED) is 0.597. The van der Waals surface area contributed by atoms with Crippen LogP contribution in [0.2, 0.25) is 0 Å². The van der Waals surface area contributed by atoms with E-state index < -0.39 is 44.9 Å². The SMILES string of the molecule is O=[N+]([O-])c1ccc(S(=O)(=O)C(F)S(=O)(=O)c2ccccc2)cc1. The highest BCUT2D eigenvalue weighted by Gasteiger charge is 2.40. The number of sulfone groups is 2. The Hall–Kier alpha value is -2.33. The fraction of sp³-hybridized carbons (Fsp3) is 0.0769. The number of hydrogen-bond donors (Lipinski definition) is 0. The number of nitro groups is 1. The molecule has 0 radical (unpaired) electrons. The molecule has 0 spiro atoms. The molecule has 0 aromatic heterocycles. The number of benzene rings is 2. The maximum absolute atomic E-state index is 14.3. The van der Waals surface area contributed by atoms with Gasteiger partial charge in [0.15, 0.2) is 0 Å². The highest BCUT2D eigenvalue weighted by Crippen LogP contribution is 2.27. The molecule has 0 saturated heterocycles. The van der Waals surface area contributed by atoms with Crippen molar-refractivity contribution in [2.75, 3.05) is 0 Å². The fourth-order valence-corrected chi connectivity index (χ4v) is 5.23. The second kappa shape index (κ2) is 6.05. The minimum atomic E-state index is -4.86. The predicted molar refractivity (Wildman–Crippen MR) is 78.8 cm³/mol. The number of halogens is 1. The first-order valence-electron chi connectivity index (χ1n) is 6.09. The van der Waals surface area contributed by atoms with Crippen molar-refractivity contribution >= 4 is 25.4 Å². The first-order valence-corrected chi connectivity index (χ1v) is 9.18. The van der Waals surface area contributed by atoms with Crippen LogP contribution in [0.3, 0.4) is 0 Å². The van der Waals surface area contributed by atoms with Crippen LogP contribution in [0.5, 0.6) is 0 Å². The zero-order valence-electron chi connectivity index (χ0n) is 11.4. The van der Waals surface area contributed by atoms with Crippen molar-refractivity contribution in [3.63, 3.8) is 0 Å². The average molecular weight is 359 g/mol. The second-order valence-electron chi connectivity index (χ2n) is 4.43. The Balaban J connectivity index is 2.45. The predicted octanol–water partition coefficient (Wildman–Crippen LogP) is 2.10. The van der Waals surface area contributed by atoms with E-state index in [9.17, 15) is 31.3 Å². The topological polar surface area (TPSA) is 111 Å². The first kappa shape index (κ1) is 17.0. The standard InChI is InChI=1S/C13H10FNO6S2/c14-13(22(18,19)11-4-2-1-3-5-11)23(20,21)12-8-6-10(7-9-12)15(16)17/h1-9,13H. The fourth-order valence-electron chi connectivity index (χ4n) is 1.75. The van der Waals surface area contributed by atoms with Crippen molar-refractivity contribution in [1.82, 2.24) is 0 Å². The lowest BCUT2D eigenvalue weighted by Gasteiger charge is -2.11. The molecule has 2 aromatic rings. The van der Waals surface area contributed by atoms with E-state index in [2.05, 4.69) is 0 Å². The third-order valence-electron chi connectivity index (χ3n) is 2.94. The molecule has 0 aliphatic rings. The lowest BCUT2D eigenvalue weighted by Crippen LogP contribution is -2.26. The van der Waals surface area contributed by atoms with Crippen LogP contribution in [0, 0.1) is 10.1 Å². The van der Waals surface area contributed by atoms with Gasteiger partial charge in [0.05, 0.1) is 14.7 Å². The van der Waals surface area contributed by atoms with Gasteiger partial charge in [-0.25, -0.2) is 21.2 Å². The summed E-state index contributed by atoms with van der Waals surface area (Å²) in [7, 11) is -9.62. The summed E-state index contributed by atoms with van der Waals surface area (Å²) in [6, 6.07) is 9.61. The summed E-state index contributed by atoms with van der Waals surface area (Å²) in [6.07, 6.45) is 0. The van der Waals surface area contributed by atoms with Crippen molar-refractivity contribution in [3.8, 4) is 0 Å². The molecule has 0 bridgehead atoms. The summed E-state index contributed by atoms with van der Waals surface area (Å²) in [4.78, 5) is 5.43. The molecule has 23 heavy (non-hydrogen) atoms. The summed E-state index contributed by atoms with van der Waals surface area (Å²) in [6.45, 7) is 0. The van der Waals surface area contributed by atoms with Gasteiger partial charge in [-0.3, -0.25) is 10.1 Å². The Morgan fingerprint density at radius 2 is 1.26 bits per heavy atom. The number of hydrogen-bond acceptors (Lipinski definition) is 6. The molecule has 0 aliphatic carbocycles. The van der Waals surface area contributed by atoms with Gasteiger partial charge < -0.3 is 0 Å². The van der Waals surface area contributed by atoms with Crippen molar-refractivity contribution < 1.29 is 26.1 Å². The molecule has 1 atom stereocenters. The highest BCUT2D eigenvalue weighted by atomic mass is 32.3. The molecule has 0 aliphatic heterocycles. The third-order valence-corrected chi connectivity index (χ3v) is 7.29. The third kappa shape index (κ3) is 3.22. The van der Waals surface area contributed by atoms with Crippen LogP contribution < -0.4 is 0 Å². The zero-order chi connectivity index (χ0) is 17.3. The van der Waals surface area contributed by atoms with Gasteiger partial charge >= 0.3 is 4.84 Å². The van der Waals surface area contributed by atoms with Crippen molar-refractivity contribution in [3.05, 3.63) is 64.7 Å². The molecule has 0 fully saturated rings. The molecule has 0 heterocycles. The highest BCUT2D eigenvalue weighted by molar-refractivity contribution is 8.08. The maximum atomic E-state index is 14.3. The normalized spacial score (nSPS) is 13.4. The van der Waals surface area contributed by atoms with Gasteiger partial charge in [0, 0.05) is 12.1 Å². The molecule has 0 amide bonds. The summed E-state index contributed by atoms with van der Waals surface area (Å²) in [5.41, 5.74) is -0.398. The number of non-ortho nitro benzene ring substituents is 1. The Morgan fingerprint density at radius 3 is 1.70 bits per heavy atom. The van der Waals surface area contributed by atoms with E-state index >= 15 is 0 Å². The van der Waals surface area contributed by atoms with E-state index in [0.29, 0.717) is 0 Å². The Labute approximate surface area is 131 Å². The number of rotatable bonds is 5. The lowest BCUT2D eigenvalue weighted by molar-refractivity contribution is -0.384. The summed E-state index contributed by atoms with van der Waals surface area (Å²) >= 11 is 0. The Kier molecular flexibility index (Phi) is 4.48. The van der Waals surface area contributed by atoms with E-state index in [1.54, 1.807) is 0 Å². The van der Waals surface area contributed by atoms with Crippen LogP contribution in [0.15, 0.2) is 64.4 Å². The minimum Gasteiger partial charge on any atom is -0.258 e. The average Bonchev–Trinajstić information content (AvgIpc) is 2.55. The van der Waals surface area contributed by atoms with Crippen LogP contribution in [0.25, 0.3) is 0 Å². The lowest BCUT2D eigenvalue weighted by atomic mass is 10.3. The Bertz CT molecular complexity index is 924. The second-order valence-corrected chi connectivity index (χ2v) is 8.68. The first-order chi connectivity index (χ1) is 10.7. The van der Waals surface area contributed by atoms with E-state index in [0.717, 1.165) is 36.4 Å². The Morgan fingerprint density at radius 1 is 0.826 bits per heavy atom. The molecular formula is C13H10FNO6S2. The molecule has 0 N–H and O–H groups in total. The minimum absolute atomic E-state index is 0.398. The van der Waals surface area contributed by atoms with Crippen molar-refractivity contribution in [2.24, 2.45) is 0 Å². The van der Waals surface area contributed by atoms with Crippen molar-refractivity contribution in [2.45, 2.75) is 14.6 Å². The molecular weight excluding hydrogens is 349 g/mol. The summed E-state index contributed by atoms with van der Waals surface area (Å²) in [5, 5.41) is 10.5. The number of nitrogens with zero attached hydrogens (tertiary/aromatic N) is 1. The smallest absolute Gasteiger partial charge is 0.258 e. The van der Waals surface area contributed by atoms with E-state index in [-0.39, 0.29) is 0 Å². The van der Waals surface area contributed by atoms with Crippen LogP contribution in [-0.4, -0.2) is 26.6 Å². The molecule has 10 heteroatoms. The van der Waals surface area contributed by atoms with Crippen molar-refractivity contribution in [1.29, 1.82) is 0 Å². The van der Waals surface area contributed by atoms with Crippen LogP contribution in [0.1, 0.15) is 0 Å². The summed E-state index contributed by atoms with van der Waals surface area (Å²) in [5.74, 6) is 0. The molecule has 1 unspecified atom stereocenters. The summed E-state index contributed by atoms with van der Waals surface area (Å²) < 4.78 is 62.6. The molecule has 7 nitrogen and oxygen atoms in total. The van der Waals surface area contributed by atoms with E-state index in [1.165, 1.54) is 18.2 Å². The van der Waals surface area contributed by atoms with Gasteiger partial charge in [-0.05, 0) is 24.3 Å². The van der Waals surface area contributed by atoms with Crippen LogP contribution in [0.4, 0.5) is 10.1 Å². The van der Waals surface area contributed by atoms with Gasteiger partial charge in [0.25, 0.3) is 5.69 Å². The molecule has 2 rings (SSSR count). The molecule has 0 saturated carbocycles. The van der Waals surface area contributed by atoms with E-state index in [4.69, 9.17) is 0 Å². The molecule has 122 valence electrons. The monoisotopic (exact) mass is 359 g/mol. The van der Waals surface area contributed by atoms with Gasteiger partial charge in [-0.1, -0.05) is 18.2 Å². The van der Waals surface area contributed by atoms with Gasteiger partial charge in [0.2, 0.25) is 19.7 Å². The largest absolute Gasteiger partial charge is 0.308 e. The zero-order valence-corrected chi connectivity index (χ0v) is 13.0. The van der Waals surface area contributed by atoms with E-state index in [1.807, 2.05) is 0 Å². The number of nitro benzene ring substituents is 1. The van der Waals surface area contributed by atoms with Gasteiger partial charge in [0.1, 0.15) is 0 Å². The number of alkyl halides is 1. The van der Waals surface area contributed by atoms with Gasteiger partial charge in [-0.15, -0.1) is 0 Å². The van der Waals surface area contributed by atoms with Gasteiger partial charge in [-0.2, -0.15) is 0 Å².